The van der Waals surface area contributed by atoms with Gasteiger partial charge in [-0.2, -0.15) is 8.42 Å². The van der Waals surface area contributed by atoms with E-state index in [2.05, 4.69) is 27.7 Å². The summed E-state index contributed by atoms with van der Waals surface area (Å²) in [6, 6.07) is 0.258. The van der Waals surface area contributed by atoms with E-state index in [1.54, 1.807) is 0 Å². The molecule has 0 bridgehead atoms. The second-order valence-corrected chi connectivity index (χ2v) is 12.2. The molecule has 3 saturated carbocycles. The van der Waals surface area contributed by atoms with Crippen LogP contribution in [-0.2, 0) is 14.6 Å². The fourth-order valence-electron chi connectivity index (χ4n) is 6.73. The van der Waals surface area contributed by atoms with Gasteiger partial charge in [-0.15, -0.1) is 0 Å². The van der Waals surface area contributed by atoms with Crippen LogP contribution in [0.4, 0.5) is 0 Å². The van der Waals surface area contributed by atoms with Gasteiger partial charge in [0.15, 0.2) is 0 Å². The van der Waals surface area contributed by atoms with Crippen molar-refractivity contribution in [3.8, 4) is 0 Å². The number of allylic oxidation sites excluding steroid dienone is 4. The summed E-state index contributed by atoms with van der Waals surface area (Å²) >= 11 is 0. The summed E-state index contributed by atoms with van der Waals surface area (Å²) in [5.41, 5.74) is 2.51. The van der Waals surface area contributed by atoms with Crippen molar-refractivity contribution in [3.05, 3.63) is 35.4 Å². The molecule has 5 atom stereocenters. The van der Waals surface area contributed by atoms with Gasteiger partial charge in [-0.05, 0) is 79.6 Å². The number of hydrogen-bond acceptors (Lipinski definition) is 3. The van der Waals surface area contributed by atoms with Crippen molar-refractivity contribution < 1.29 is 21.3 Å². The first-order valence-corrected chi connectivity index (χ1v) is 13.9. The third-order valence-corrected chi connectivity index (χ3v) is 8.88. The molecule has 0 aromatic rings. The maximum Gasteiger partial charge on any atom is 0.397 e. The molecule has 0 unspecified atom stereocenters. The van der Waals surface area contributed by atoms with Gasteiger partial charge in [0.05, 0.1) is 10.2 Å². The molecule has 0 saturated heterocycles. The highest BCUT2D eigenvalue weighted by Gasteiger charge is 2.50. The smallest absolute Gasteiger partial charge is 0.264 e. The van der Waals surface area contributed by atoms with Crippen LogP contribution in [0.25, 0.3) is 0 Å². The first kappa shape index (κ1) is 21.6. The van der Waals surface area contributed by atoms with Gasteiger partial charge in [-0.3, -0.25) is 4.55 Å². The van der Waals surface area contributed by atoms with Gasteiger partial charge >= 0.3 is 10.4 Å². The molecule has 0 aromatic heterocycles. The van der Waals surface area contributed by atoms with Gasteiger partial charge in [0.25, 0.3) is 0 Å². The zero-order chi connectivity index (χ0) is 26.0. The Balaban J connectivity index is 1.84. The second kappa shape index (κ2) is 10.6. The Morgan fingerprint density at radius 1 is 1.28 bits per heavy atom. The summed E-state index contributed by atoms with van der Waals surface area (Å²) in [5, 5.41) is 0. The van der Waals surface area contributed by atoms with Crippen LogP contribution in [0, 0.1) is 29.1 Å². The Bertz CT molecular complexity index is 965. The van der Waals surface area contributed by atoms with E-state index in [-0.39, 0.29) is 24.4 Å². The Morgan fingerprint density at radius 2 is 2.06 bits per heavy atom. The summed E-state index contributed by atoms with van der Waals surface area (Å²) in [4.78, 5) is 0. The molecule has 32 heavy (non-hydrogen) atoms. The molecule has 0 aromatic carbocycles. The minimum Gasteiger partial charge on any atom is -0.264 e. The number of rotatable bonds is 8. The molecule has 3 fully saturated rings. The van der Waals surface area contributed by atoms with E-state index >= 15 is 0 Å². The van der Waals surface area contributed by atoms with Crippen molar-refractivity contribution in [2.75, 3.05) is 0 Å². The SMILES string of the molecule is [2H]C([2H])=C1CC[C@H](OS(=O)(=O)O)C/C1=C([2H])/C=C1\CCC[C@]2(C)[C@@H]([C@H](C)CCCC(C)C)CC[C@@H]12. The summed E-state index contributed by atoms with van der Waals surface area (Å²) < 4.78 is 60.9. The lowest BCUT2D eigenvalue weighted by molar-refractivity contribution is 0.0929. The monoisotopic (exact) mass is 467 g/mol. The molecule has 3 aliphatic carbocycles. The highest BCUT2D eigenvalue weighted by atomic mass is 32.3. The summed E-state index contributed by atoms with van der Waals surface area (Å²) in [5.74, 6) is 2.58. The largest absolute Gasteiger partial charge is 0.397 e. The molecule has 3 aliphatic rings. The molecule has 0 spiro atoms. The van der Waals surface area contributed by atoms with Crippen LogP contribution in [0.15, 0.2) is 35.4 Å². The lowest BCUT2D eigenvalue weighted by Crippen LogP contribution is -2.36. The molecule has 0 radical (unpaired) electrons. The van der Waals surface area contributed by atoms with Crippen LogP contribution in [-0.4, -0.2) is 19.1 Å². The molecule has 4 nitrogen and oxygen atoms in total. The molecule has 0 aliphatic heterocycles. The quantitative estimate of drug-likeness (QED) is 0.377. The molecular formula is C27H44O4S. The van der Waals surface area contributed by atoms with Crippen LogP contribution in [0.2, 0.25) is 0 Å². The average Bonchev–Trinajstić information content (AvgIpc) is 3.10. The predicted octanol–water partition coefficient (Wildman–Crippen LogP) is 7.45. The topological polar surface area (TPSA) is 63.6 Å². The Labute approximate surface area is 200 Å². The van der Waals surface area contributed by atoms with Gasteiger partial charge in [-0.1, -0.05) is 76.8 Å². The maximum atomic E-state index is 11.2. The van der Waals surface area contributed by atoms with Gasteiger partial charge in [0.2, 0.25) is 0 Å². The molecule has 5 heteroatoms. The minimum absolute atomic E-state index is 0.108. The Kier molecular flexibility index (Phi) is 7.14. The fraction of sp³-hybridized carbons (Fsp3) is 0.778. The van der Waals surface area contributed by atoms with Crippen LogP contribution in [0.3, 0.4) is 0 Å². The Hall–Kier alpha value is -0.910. The second-order valence-electron chi connectivity index (χ2n) is 11.1. The van der Waals surface area contributed by atoms with E-state index < -0.39 is 16.5 Å². The minimum atomic E-state index is -4.59. The highest BCUT2D eigenvalue weighted by Crippen LogP contribution is 2.60. The van der Waals surface area contributed by atoms with Gasteiger partial charge < -0.3 is 0 Å². The first-order chi connectivity index (χ1) is 16.3. The van der Waals surface area contributed by atoms with E-state index in [0.29, 0.717) is 41.7 Å². The average molecular weight is 468 g/mol. The molecule has 1 N–H and O–H groups in total. The molecule has 0 heterocycles. The highest BCUT2D eigenvalue weighted by molar-refractivity contribution is 7.80. The zero-order valence-electron chi connectivity index (χ0n) is 23.3. The van der Waals surface area contributed by atoms with Crippen molar-refractivity contribution in [1.82, 2.24) is 0 Å². The number of hydrogen-bond donors (Lipinski definition) is 1. The van der Waals surface area contributed by atoms with E-state index in [1.807, 2.05) is 6.08 Å². The van der Waals surface area contributed by atoms with Crippen molar-refractivity contribution in [3.63, 3.8) is 0 Å². The third-order valence-electron chi connectivity index (χ3n) is 8.37. The zero-order valence-corrected chi connectivity index (χ0v) is 21.1. The normalized spacial score (nSPS) is 36.4. The maximum absolute atomic E-state index is 11.2. The van der Waals surface area contributed by atoms with E-state index in [9.17, 15) is 8.42 Å². The van der Waals surface area contributed by atoms with Crippen LogP contribution in [0.5, 0.6) is 0 Å². The molecular weight excluding hydrogens is 420 g/mol. The first-order valence-electron chi connectivity index (χ1n) is 14.0. The summed E-state index contributed by atoms with van der Waals surface area (Å²) in [7, 11) is -4.59. The van der Waals surface area contributed by atoms with Crippen molar-refractivity contribution in [1.29, 1.82) is 0 Å². The summed E-state index contributed by atoms with van der Waals surface area (Å²) in [6.07, 6.45) is 11.4. The van der Waals surface area contributed by atoms with Crippen LogP contribution in [0.1, 0.15) is 102 Å². The van der Waals surface area contributed by atoms with Crippen molar-refractivity contribution in [2.45, 2.75) is 104 Å². The molecule has 3 rings (SSSR count). The fourth-order valence-corrected chi connectivity index (χ4v) is 7.23. The van der Waals surface area contributed by atoms with Crippen molar-refractivity contribution in [2.24, 2.45) is 29.1 Å². The van der Waals surface area contributed by atoms with E-state index in [0.717, 1.165) is 25.2 Å². The van der Waals surface area contributed by atoms with E-state index in [1.165, 1.54) is 37.7 Å². The summed E-state index contributed by atoms with van der Waals surface area (Å²) in [6.45, 7) is 9.12. The number of fused-ring (bicyclic) bond motifs is 1. The predicted molar refractivity (Wildman–Crippen MR) is 132 cm³/mol. The molecule has 0 amide bonds. The third kappa shape index (κ3) is 6.36. The van der Waals surface area contributed by atoms with Crippen LogP contribution >= 0.6 is 0 Å². The van der Waals surface area contributed by atoms with Gasteiger partial charge in [0, 0.05) is 6.42 Å². The van der Waals surface area contributed by atoms with E-state index in [4.69, 9.17) is 12.8 Å². The lowest BCUT2D eigenvalue weighted by atomic mass is 9.60. The van der Waals surface area contributed by atoms with Gasteiger partial charge in [0.1, 0.15) is 0 Å². The lowest BCUT2D eigenvalue weighted by Gasteiger charge is -2.44. The van der Waals surface area contributed by atoms with Gasteiger partial charge in [-0.25, -0.2) is 4.18 Å². The van der Waals surface area contributed by atoms with Crippen LogP contribution < -0.4 is 0 Å². The standard InChI is InChI=1S/C27H44O4S/c1-19(2)8-6-9-21(4)25-15-16-26-22(10-7-17-27(25,26)5)12-13-23-18-24(14-11-20(23)3)31-32(28,29)30/h12-13,19,21,24-26H,3,6-11,14-18H2,1-2,4-5H3,(H,28,29,30)/b22-12+,23-13-/t21-,24+,25-,26+,27-/m1/s1/i3D2,13D. The Morgan fingerprint density at radius 3 is 2.75 bits per heavy atom. The molecule has 182 valence electrons. The van der Waals surface area contributed by atoms with Crippen molar-refractivity contribution >= 4 is 10.4 Å².